The van der Waals surface area contributed by atoms with E-state index in [1.807, 2.05) is 0 Å². The summed E-state index contributed by atoms with van der Waals surface area (Å²) in [6.07, 6.45) is -0.775. The quantitative estimate of drug-likeness (QED) is 0.284. The molecule has 2 atom stereocenters. The first kappa shape index (κ1) is 20.8. The van der Waals surface area contributed by atoms with Crippen LogP contribution in [-0.4, -0.2) is 61.2 Å². The Hall–Kier alpha value is -1.22. The van der Waals surface area contributed by atoms with Gasteiger partial charge in [0.05, 0.1) is 0 Å². The van der Waals surface area contributed by atoms with Crippen LogP contribution in [0.3, 0.4) is 0 Å². The van der Waals surface area contributed by atoms with Gasteiger partial charge in [0.2, 0.25) is 12.6 Å². The molecule has 0 spiro atoms. The molecule has 8 heteroatoms. The van der Waals surface area contributed by atoms with E-state index in [4.69, 9.17) is 29.2 Å². The van der Waals surface area contributed by atoms with Crippen molar-refractivity contribution in [2.45, 2.75) is 52.1 Å². The van der Waals surface area contributed by atoms with Crippen molar-refractivity contribution in [3.8, 4) is 0 Å². The zero-order valence-corrected chi connectivity index (χ0v) is 13.2. The molecule has 0 saturated carbocycles. The van der Waals surface area contributed by atoms with Crippen molar-refractivity contribution < 1.29 is 38.7 Å². The molecule has 0 amide bonds. The van der Waals surface area contributed by atoms with Gasteiger partial charge in [-0.3, -0.25) is 9.59 Å². The summed E-state index contributed by atoms with van der Waals surface area (Å²) in [5, 5.41) is 17.8. The summed E-state index contributed by atoms with van der Waals surface area (Å²) in [4.78, 5) is 22.9. The minimum atomic E-state index is -0.945. The van der Waals surface area contributed by atoms with Gasteiger partial charge in [0.15, 0.2) is 0 Å². The number of carbonyl (C=O) groups is 2. The first-order valence-electron chi connectivity index (χ1n) is 7.41. The zero-order valence-electron chi connectivity index (χ0n) is 13.2. The van der Waals surface area contributed by atoms with Gasteiger partial charge in [-0.25, -0.2) is 0 Å². The van der Waals surface area contributed by atoms with E-state index in [0.717, 1.165) is 0 Å². The highest BCUT2D eigenvalue weighted by molar-refractivity contribution is 5.70. The van der Waals surface area contributed by atoms with Crippen LogP contribution in [0.2, 0.25) is 0 Å². The standard InChI is InChI=1S/C14H26O8/c1-3-19-13(9-15)21-11(17)7-5-6-8-12(18)22-14(10-16)20-4-2/h13-16H,3-10H2,1-2H3. The van der Waals surface area contributed by atoms with Crippen molar-refractivity contribution in [1.29, 1.82) is 0 Å². The summed E-state index contributed by atoms with van der Waals surface area (Å²) in [5.41, 5.74) is 0. The number of esters is 2. The van der Waals surface area contributed by atoms with E-state index in [9.17, 15) is 9.59 Å². The normalized spacial score (nSPS) is 13.5. The Balaban J connectivity index is 3.78. The second-order valence-corrected chi connectivity index (χ2v) is 4.32. The number of aliphatic hydroxyl groups excluding tert-OH is 2. The van der Waals surface area contributed by atoms with Crippen LogP contribution in [-0.2, 0) is 28.5 Å². The third-order valence-corrected chi connectivity index (χ3v) is 2.54. The lowest BCUT2D eigenvalue weighted by atomic mass is 10.2. The van der Waals surface area contributed by atoms with Gasteiger partial charge in [-0.1, -0.05) is 0 Å². The van der Waals surface area contributed by atoms with Crippen LogP contribution in [0.1, 0.15) is 39.5 Å². The molecule has 0 saturated heterocycles. The van der Waals surface area contributed by atoms with Crippen molar-refractivity contribution in [2.24, 2.45) is 0 Å². The minimum absolute atomic E-state index is 0.117. The summed E-state index contributed by atoms with van der Waals surface area (Å²) >= 11 is 0. The van der Waals surface area contributed by atoms with Crippen molar-refractivity contribution in [3.63, 3.8) is 0 Å². The number of rotatable bonds is 13. The fourth-order valence-electron chi connectivity index (χ4n) is 1.57. The highest BCUT2D eigenvalue weighted by Gasteiger charge is 2.15. The van der Waals surface area contributed by atoms with E-state index >= 15 is 0 Å². The van der Waals surface area contributed by atoms with E-state index in [1.54, 1.807) is 13.8 Å². The SMILES string of the molecule is CCOC(CO)OC(=O)CCCCC(=O)OC(CO)OCC. The maximum Gasteiger partial charge on any atom is 0.308 e. The molecule has 2 N–H and O–H groups in total. The first-order chi connectivity index (χ1) is 10.6. The molecule has 0 aromatic heterocycles. The maximum atomic E-state index is 11.5. The fraction of sp³-hybridized carbons (Fsp3) is 0.857. The molecule has 0 aromatic rings. The van der Waals surface area contributed by atoms with Crippen LogP contribution >= 0.6 is 0 Å². The zero-order chi connectivity index (χ0) is 16.8. The van der Waals surface area contributed by atoms with Crippen LogP contribution in [0.15, 0.2) is 0 Å². The van der Waals surface area contributed by atoms with E-state index in [1.165, 1.54) is 0 Å². The third-order valence-electron chi connectivity index (χ3n) is 2.54. The number of hydrogen-bond acceptors (Lipinski definition) is 8. The Morgan fingerprint density at radius 1 is 0.818 bits per heavy atom. The Morgan fingerprint density at radius 3 is 1.45 bits per heavy atom. The molecule has 0 radical (unpaired) electrons. The number of aliphatic hydroxyl groups is 2. The molecule has 8 nitrogen and oxygen atoms in total. The molecule has 22 heavy (non-hydrogen) atoms. The third kappa shape index (κ3) is 10.5. The van der Waals surface area contributed by atoms with Crippen LogP contribution in [0, 0.1) is 0 Å². The maximum absolute atomic E-state index is 11.5. The fourth-order valence-corrected chi connectivity index (χ4v) is 1.57. The van der Waals surface area contributed by atoms with Crippen molar-refractivity contribution in [3.05, 3.63) is 0 Å². The Kier molecular flexibility index (Phi) is 12.7. The Morgan fingerprint density at radius 2 is 1.18 bits per heavy atom. The average molecular weight is 322 g/mol. The van der Waals surface area contributed by atoms with Crippen molar-refractivity contribution in [2.75, 3.05) is 26.4 Å². The highest BCUT2D eigenvalue weighted by atomic mass is 16.7. The second kappa shape index (κ2) is 13.4. The van der Waals surface area contributed by atoms with Gasteiger partial charge in [-0.15, -0.1) is 0 Å². The minimum Gasteiger partial charge on any atom is -0.433 e. The summed E-state index contributed by atoms with van der Waals surface area (Å²) in [7, 11) is 0. The summed E-state index contributed by atoms with van der Waals surface area (Å²) in [5.74, 6) is -0.994. The van der Waals surface area contributed by atoms with Gasteiger partial charge in [0.25, 0.3) is 0 Å². The van der Waals surface area contributed by atoms with Crippen LogP contribution in [0.5, 0.6) is 0 Å². The van der Waals surface area contributed by atoms with Crippen molar-refractivity contribution >= 4 is 11.9 Å². The number of ether oxygens (including phenoxy) is 4. The molecule has 0 rings (SSSR count). The molecular formula is C14H26O8. The Bertz CT molecular complexity index is 277. The second-order valence-electron chi connectivity index (χ2n) is 4.32. The summed E-state index contributed by atoms with van der Waals surface area (Å²) in [6.45, 7) is 3.32. The van der Waals surface area contributed by atoms with Gasteiger partial charge < -0.3 is 29.2 Å². The number of hydrogen-bond donors (Lipinski definition) is 2. The van der Waals surface area contributed by atoms with Gasteiger partial charge in [-0.2, -0.15) is 0 Å². The smallest absolute Gasteiger partial charge is 0.308 e. The molecule has 0 aliphatic carbocycles. The van der Waals surface area contributed by atoms with Gasteiger partial charge >= 0.3 is 11.9 Å². The highest BCUT2D eigenvalue weighted by Crippen LogP contribution is 2.06. The van der Waals surface area contributed by atoms with E-state index < -0.39 is 37.7 Å². The van der Waals surface area contributed by atoms with Gasteiger partial charge in [0.1, 0.15) is 13.2 Å². The topological polar surface area (TPSA) is 112 Å². The van der Waals surface area contributed by atoms with Gasteiger partial charge in [-0.05, 0) is 26.7 Å². The lowest BCUT2D eigenvalue weighted by Gasteiger charge is -2.15. The molecule has 0 aromatic carbocycles. The lowest BCUT2D eigenvalue weighted by molar-refractivity contribution is -0.187. The summed E-state index contributed by atoms with van der Waals surface area (Å²) < 4.78 is 19.7. The monoisotopic (exact) mass is 322 g/mol. The average Bonchev–Trinajstić information content (AvgIpc) is 2.50. The molecule has 0 aliphatic heterocycles. The molecule has 0 bridgehead atoms. The van der Waals surface area contributed by atoms with E-state index in [2.05, 4.69) is 0 Å². The Labute approximate surface area is 130 Å². The van der Waals surface area contributed by atoms with Crippen LogP contribution < -0.4 is 0 Å². The molecular weight excluding hydrogens is 296 g/mol. The number of carbonyl (C=O) groups excluding carboxylic acids is 2. The molecule has 0 aliphatic rings. The largest absolute Gasteiger partial charge is 0.433 e. The van der Waals surface area contributed by atoms with Crippen LogP contribution in [0.4, 0.5) is 0 Å². The molecule has 0 heterocycles. The summed E-state index contributed by atoms with van der Waals surface area (Å²) in [6, 6.07) is 0. The van der Waals surface area contributed by atoms with Crippen LogP contribution in [0.25, 0.3) is 0 Å². The molecule has 2 unspecified atom stereocenters. The van der Waals surface area contributed by atoms with Crippen molar-refractivity contribution in [1.82, 2.24) is 0 Å². The lowest BCUT2D eigenvalue weighted by Crippen LogP contribution is -2.25. The van der Waals surface area contributed by atoms with E-state index in [-0.39, 0.29) is 12.8 Å². The predicted molar refractivity (Wildman–Crippen MR) is 75.7 cm³/mol. The predicted octanol–water partition coefficient (Wildman–Crippen LogP) is 0.343. The molecule has 0 fully saturated rings. The van der Waals surface area contributed by atoms with Gasteiger partial charge in [0, 0.05) is 26.1 Å². The van der Waals surface area contributed by atoms with E-state index in [0.29, 0.717) is 26.1 Å². The first-order valence-corrected chi connectivity index (χ1v) is 7.41. The number of unbranched alkanes of at least 4 members (excludes halogenated alkanes) is 1. The molecule has 130 valence electrons.